The van der Waals surface area contributed by atoms with E-state index in [0.29, 0.717) is 6.04 Å². The maximum absolute atomic E-state index is 4.57. The summed E-state index contributed by atoms with van der Waals surface area (Å²) >= 11 is 0. The van der Waals surface area contributed by atoms with E-state index in [1.807, 2.05) is 6.20 Å². The minimum Gasteiger partial charge on any atom is -0.377 e. The van der Waals surface area contributed by atoms with Gasteiger partial charge in [0.25, 0.3) is 0 Å². The van der Waals surface area contributed by atoms with E-state index >= 15 is 0 Å². The highest BCUT2D eigenvalue weighted by molar-refractivity contribution is 5.58. The standard InChI is InChI=1S/C22H32N4/c1-17-14-24-22(13-21(17)26(2)3)25-20-11-9-19(10-12-20)16-23-15-18-7-5-4-6-8-18/h4-8,13-14,19-20,23H,9-12,15-16H2,1-3H3,(H,24,25). The molecule has 1 heterocycles. The number of anilines is 2. The summed E-state index contributed by atoms with van der Waals surface area (Å²) in [5.41, 5.74) is 3.82. The van der Waals surface area contributed by atoms with Gasteiger partial charge in [-0.25, -0.2) is 4.98 Å². The zero-order valence-corrected chi connectivity index (χ0v) is 16.3. The summed E-state index contributed by atoms with van der Waals surface area (Å²) in [7, 11) is 4.17. The minimum atomic E-state index is 0.547. The Morgan fingerprint density at radius 3 is 2.50 bits per heavy atom. The number of nitrogens with one attached hydrogen (secondary N) is 2. The van der Waals surface area contributed by atoms with E-state index in [0.717, 1.165) is 24.8 Å². The highest BCUT2D eigenvalue weighted by Gasteiger charge is 2.21. The number of hydrogen-bond donors (Lipinski definition) is 2. The fourth-order valence-electron chi connectivity index (χ4n) is 3.81. The van der Waals surface area contributed by atoms with E-state index in [1.165, 1.54) is 42.5 Å². The zero-order valence-electron chi connectivity index (χ0n) is 16.3. The summed E-state index contributed by atoms with van der Waals surface area (Å²) in [6.45, 7) is 4.20. The van der Waals surface area contributed by atoms with Gasteiger partial charge in [-0.15, -0.1) is 0 Å². The molecular formula is C22H32N4. The molecule has 0 atom stereocenters. The maximum atomic E-state index is 4.57. The van der Waals surface area contributed by atoms with Crippen LogP contribution in [0.25, 0.3) is 0 Å². The molecule has 4 nitrogen and oxygen atoms in total. The lowest BCUT2D eigenvalue weighted by Gasteiger charge is -2.30. The number of rotatable bonds is 7. The van der Waals surface area contributed by atoms with Crippen molar-refractivity contribution in [2.24, 2.45) is 5.92 Å². The number of aryl methyl sites for hydroxylation is 1. The Balaban J connectivity index is 1.42. The molecule has 2 N–H and O–H groups in total. The van der Waals surface area contributed by atoms with Crippen LogP contribution in [-0.4, -0.2) is 31.7 Å². The molecular weight excluding hydrogens is 320 g/mol. The molecule has 1 aromatic carbocycles. The fraction of sp³-hybridized carbons (Fsp3) is 0.500. The molecule has 0 bridgehead atoms. The van der Waals surface area contributed by atoms with E-state index in [4.69, 9.17) is 0 Å². The number of nitrogens with zero attached hydrogens (tertiary/aromatic N) is 2. The van der Waals surface area contributed by atoms with Crippen molar-refractivity contribution in [1.82, 2.24) is 10.3 Å². The molecule has 0 amide bonds. The molecule has 2 aromatic rings. The Kier molecular flexibility index (Phi) is 6.51. The lowest BCUT2D eigenvalue weighted by molar-refractivity contribution is 0.324. The smallest absolute Gasteiger partial charge is 0.128 e. The third-order valence-electron chi connectivity index (χ3n) is 5.36. The van der Waals surface area contributed by atoms with Crippen molar-refractivity contribution >= 4 is 11.5 Å². The van der Waals surface area contributed by atoms with Crippen LogP contribution in [0.4, 0.5) is 11.5 Å². The number of aromatic nitrogens is 1. The first kappa shape index (κ1) is 18.7. The Bertz CT molecular complexity index is 676. The van der Waals surface area contributed by atoms with Crippen LogP contribution in [0.1, 0.15) is 36.8 Å². The molecule has 1 aliphatic carbocycles. The molecule has 26 heavy (non-hydrogen) atoms. The molecule has 3 rings (SSSR count). The molecule has 140 valence electrons. The largest absolute Gasteiger partial charge is 0.377 e. The van der Waals surface area contributed by atoms with Gasteiger partial charge < -0.3 is 15.5 Å². The first-order valence-corrected chi connectivity index (χ1v) is 9.77. The Morgan fingerprint density at radius 1 is 1.08 bits per heavy atom. The maximum Gasteiger partial charge on any atom is 0.128 e. The highest BCUT2D eigenvalue weighted by atomic mass is 15.1. The van der Waals surface area contributed by atoms with Crippen molar-refractivity contribution in [3.63, 3.8) is 0 Å². The second-order valence-electron chi connectivity index (χ2n) is 7.73. The van der Waals surface area contributed by atoms with Crippen LogP contribution >= 0.6 is 0 Å². The van der Waals surface area contributed by atoms with Crippen molar-refractivity contribution in [2.75, 3.05) is 30.9 Å². The Labute approximate surface area is 158 Å². The van der Waals surface area contributed by atoms with Gasteiger partial charge in [-0.05, 0) is 56.2 Å². The average molecular weight is 353 g/mol. The van der Waals surface area contributed by atoms with Crippen molar-refractivity contribution in [3.8, 4) is 0 Å². The number of pyridine rings is 1. The third kappa shape index (κ3) is 5.21. The predicted octanol–water partition coefficient (Wildman–Crippen LogP) is 4.22. The van der Waals surface area contributed by atoms with Crippen LogP contribution in [0.3, 0.4) is 0 Å². The molecule has 0 spiro atoms. The lowest BCUT2D eigenvalue weighted by Crippen LogP contribution is -2.31. The molecule has 0 radical (unpaired) electrons. The van der Waals surface area contributed by atoms with Gasteiger partial charge in [0.1, 0.15) is 5.82 Å². The molecule has 1 aromatic heterocycles. The summed E-state index contributed by atoms with van der Waals surface area (Å²) in [5, 5.41) is 7.27. The van der Waals surface area contributed by atoms with E-state index in [9.17, 15) is 0 Å². The second kappa shape index (κ2) is 9.04. The zero-order chi connectivity index (χ0) is 18.4. The minimum absolute atomic E-state index is 0.547. The van der Waals surface area contributed by atoms with Crippen LogP contribution in [-0.2, 0) is 6.54 Å². The van der Waals surface area contributed by atoms with Gasteiger partial charge in [-0.2, -0.15) is 0 Å². The second-order valence-corrected chi connectivity index (χ2v) is 7.73. The molecule has 1 aliphatic rings. The molecule has 4 heteroatoms. The average Bonchev–Trinajstić information content (AvgIpc) is 2.65. The predicted molar refractivity (Wildman–Crippen MR) is 111 cm³/mol. The van der Waals surface area contributed by atoms with Gasteiger partial charge in [-0.1, -0.05) is 30.3 Å². The van der Waals surface area contributed by atoms with Crippen molar-refractivity contribution in [3.05, 3.63) is 53.7 Å². The van der Waals surface area contributed by atoms with Crippen molar-refractivity contribution in [2.45, 2.75) is 45.2 Å². The van der Waals surface area contributed by atoms with Crippen LogP contribution in [0, 0.1) is 12.8 Å². The summed E-state index contributed by atoms with van der Waals surface area (Å²) in [5.74, 6) is 1.80. The molecule has 0 unspecified atom stereocenters. The number of benzene rings is 1. The van der Waals surface area contributed by atoms with Crippen molar-refractivity contribution < 1.29 is 0 Å². The van der Waals surface area contributed by atoms with Gasteiger partial charge in [-0.3, -0.25) is 0 Å². The van der Waals surface area contributed by atoms with Gasteiger partial charge in [0.05, 0.1) is 0 Å². The topological polar surface area (TPSA) is 40.2 Å². The monoisotopic (exact) mass is 352 g/mol. The first-order valence-electron chi connectivity index (χ1n) is 9.77. The summed E-state index contributed by atoms with van der Waals surface area (Å²) in [6, 6.07) is 13.4. The van der Waals surface area contributed by atoms with Crippen LogP contribution in [0.2, 0.25) is 0 Å². The Morgan fingerprint density at radius 2 is 1.81 bits per heavy atom. The third-order valence-corrected chi connectivity index (χ3v) is 5.36. The van der Waals surface area contributed by atoms with E-state index in [1.54, 1.807) is 0 Å². The first-order chi connectivity index (χ1) is 12.6. The van der Waals surface area contributed by atoms with Crippen molar-refractivity contribution in [1.29, 1.82) is 0 Å². The summed E-state index contributed by atoms with van der Waals surface area (Å²) in [6.07, 6.45) is 6.99. The number of hydrogen-bond acceptors (Lipinski definition) is 4. The molecule has 1 fully saturated rings. The van der Waals surface area contributed by atoms with Crippen LogP contribution in [0.15, 0.2) is 42.6 Å². The summed E-state index contributed by atoms with van der Waals surface area (Å²) in [4.78, 5) is 6.72. The highest BCUT2D eigenvalue weighted by Crippen LogP contribution is 2.27. The quantitative estimate of drug-likeness (QED) is 0.783. The molecule has 0 aliphatic heterocycles. The normalized spacial score (nSPS) is 20.0. The molecule has 1 saturated carbocycles. The van der Waals surface area contributed by atoms with Gasteiger partial charge in [0.2, 0.25) is 0 Å². The molecule has 0 saturated heterocycles. The lowest BCUT2D eigenvalue weighted by atomic mass is 9.86. The fourth-order valence-corrected chi connectivity index (χ4v) is 3.81. The summed E-state index contributed by atoms with van der Waals surface area (Å²) < 4.78 is 0. The Hall–Kier alpha value is -2.07. The van der Waals surface area contributed by atoms with E-state index in [-0.39, 0.29) is 0 Å². The van der Waals surface area contributed by atoms with E-state index in [2.05, 4.69) is 77.9 Å². The SMILES string of the molecule is Cc1cnc(NC2CCC(CNCc3ccccc3)CC2)cc1N(C)C. The van der Waals surface area contributed by atoms with Crippen LogP contribution < -0.4 is 15.5 Å². The van der Waals surface area contributed by atoms with E-state index < -0.39 is 0 Å². The van der Waals surface area contributed by atoms with Gasteiger partial charge in [0.15, 0.2) is 0 Å². The van der Waals surface area contributed by atoms with Crippen LogP contribution in [0.5, 0.6) is 0 Å². The van der Waals surface area contributed by atoms with Gasteiger partial charge >= 0.3 is 0 Å². The van der Waals surface area contributed by atoms with Gasteiger partial charge in [0, 0.05) is 44.6 Å².